The number of likely N-dealkylation sites (tertiary alicyclic amines) is 1. The highest BCUT2D eigenvalue weighted by atomic mass is 16.5. The van der Waals surface area contributed by atoms with Crippen LogP contribution in [0.3, 0.4) is 0 Å². The summed E-state index contributed by atoms with van der Waals surface area (Å²) < 4.78 is 5.40. The number of rotatable bonds is 6. The van der Waals surface area contributed by atoms with Crippen LogP contribution in [0.5, 0.6) is 6.01 Å². The van der Waals surface area contributed by atoms with E-state index in [1.807, 2.05) is 6.92 Å². The van der Waals surface area contributed by atoms with Gasteiger partial charge in [0.05, 0.1) is 6.61 Å². The van der Waals surface area contributed by atoms with Crippen LogP contribution in [0.4, 0.5) is 11.9 Å². The van der Waals surface area contributed by atoms with Gasteiger partial charge in [0.2, 0.25) is 17.8 Å². The van der Waals surface area contributed by atoms with Crippen LogP contribution in [0.2, 0.25) is 0 Å². The molecule has 9 nitrogen and oxygen atoms in total. The van der Waals surface area contributed by atoms with E-state index >= 15 is 0 Å². The van der Waals surface area contributed by atoms with Crippen molar-refractivity contribution in [1.29, 1.82) is 0 Å². The summed E-state index contributed by atoms with van der Waals surface area (Å²) in [5.74, 6) is 6.12. The second kappa shape index (κ2) is 7.02. The third kappa shape index (κ3) is 4.15. The first-order valence-electron chi connectivity index (χ1n) is 6.98. The molecule has 1 aromatic heterocycles. The van der Waals surface area contributed by atoms with Gasteiger partial charge in [0, 0.05) is 26.1 Å². The number of piperidine rings is 1. The van der Waals surface area contributed by atoms with E-state index in [4.69, 9.17) is 10.6 Å². The molecular weight excluding hydrogens is 274 g/mol. The smallest absolute Gasteiger partial charge is 0.323 e. The van der Waals surface area contributed by atoms with Crippen molar-refractivity contribution in [2.45, 2.75) is 32.2 Å². The Morgan fingerprint density at radius 3 is 2.81 bits per heavy atom. The molecule has 1 unspecified atom stereocenters. The highest BCUT2D eigenvalue weighted by Crippen LogP contribution is 2.16. The Kier molecular flexibility index (Phi) is 5.09. The number of nitrogens with zero attached hydrogens (tertiary/aromatic N) is 4. The van der Waals surface area contributed by atoms with Crippen molar-refractivity contribution >= 4 is 17.8 Å². The lowest BCUT2D eigenvalue weighted by Gasteiger charge is -2.30. The van der Waals surface area contributed by atoms with Crippen molar-refractivity contribution in [2.75, 3.05) is 30.9 Å². The average molecular weight is 295 g/mol. The van der Waals surface area contributed by atoms with E-state index in [2.05, 4.69) is 25.7 Å². The molecule has 116 valence electrons. The number of nitrogens with one attached hydrogen (secondary N) is 2. The van der Waals surface area contributed by atoms with Gasteiger partial charge < -0.3 is 15.0 Å². The lowest BCUT2D eigenvalue weighted by molar-refractivity contribution is -0.132. The van der Waals surface area contributed by atoms with Gasteiger partial charge in [-0.15, -0.1) is 0 Å². The van der Waals surface area contributed by atoms with Gasteiger partial charge in [-0.2, -0.15) is 15.0 Å². The predicted octanol–water partition coefficient (Wildman–Crippen LogP) is -0.0213. The molecule has 0 bridgehead atoms. The Bertz CT molecular complexity index is 496. The zero-order valence-electron chi connectivity index (χ0n) is 12.3. The summed E-state index contributed by atoms with van der Waals surface area (Å²) in [7, 11) is 1.78. The normalized spacial score (nSPS) is 18.5. The number of nitrogens with two attached hydrogens (primary N) is 1. The first-order valence-corrected chi connectivity index (χ1v) is 6.98. The van der Waals surface area contributed by atoms with Crippen molar-refractivity contribution in [3.63, 3.8) is 0 Å². The van der Waals surface area contributed by atoms with Crippen molar-refractivity contribution in [2.24, 2.45) is 5.84 Å². The topological polar surface area (TPSA) is 118 Å². The van der Waals surface area contributed by atoms with Crippen LogP contribution < -0.4 is 21.3 Å². The Hall–Kier alpha value is -2.16. The minimum Gasteiger partial charge on any atom is -0.463 e. The minimum absolute atomic E-state index is 0.0970. The lowest BCUT2D eigenvalue weighted by atomic mass is 10.1. The zero-order valence-corrected chi connectivity index (χ0v) is 12.3. The van der Waals surface area contributed by atoms with Crippen LogP contribution in [-0.2, 0) is 4.79 Å². The fraction of sp³-hybridized carbons (Fsp3) is 0.667. The van der Waals surface area contributed by atoms with Gasteiger partial charge in [0.15, 0.2) is 0 Å². The summed E-state index contributed by atoms with van der Waals surface area (Å²) in [4.78, 5) is 25.5. The molecule has 1 aliphatic rings. The van der Waals surface area contributed by atoms with Crippen LogP contribution >= 0.6 is 0 Å². The summed E-state index contributed by atoms with van der Waals surface area (Å²) in [5, 5.41) is 3.19. The van der Waals surface area contributed by atoms with E-state index in [0.29, 0.717) is 25.5 Å². The Balaban J connectivity index is 2.06. The van der Waals surface area contributed by atoms with Crippen LogP contribution in [0.15, 0.2) is 0 Å². The third-order valence-electron chi connectivity index (χ3n) is 3.14. The van der Waals surface area contributed by atoms with Crippen molar-refractivity contribution in [3.8, 4) is 6.01 Å². The zero-order chi connectivity index (χ0) is 15.2. The van der Waals surface area contributed by atoms with Gasteiger partial charge in [-0.25, -0.2) is 5.84 Å². The number of carbonyl (C=O) groups is 1. The molecule has 1 atom stereocenters. The molecule has 0 saturated carbocycles. The first kappa shape index (κ1) is 15.2. The summed E-state index contributed by atoms with van der Waals surface area (Å²) >= 11 is 0. The van der Waals surface area contributed by atoms with Crippen LogP contribution in [0.25, 0.3) is 0 Å². The van der Waals surface area contributed by atoms with Gasteiger partial charge in [-0.05, 0) is 12.8 Å². The molecule has 9 heteroatoms. The maximum atomic E-state index is 11.5. The molecule has 4 N–H and O–H groups in total. The van der Waals surface area contributed by atoms with Crippen molar-refractivity contribution in [3.05, 3.63) is 0 Å². The molecule has 0 spiro atoms. The molecule has 2 rings (SSSR count). The maximum absolute atomic E-state index is 11.5. The fourth-order valence-electron chi connectivity index (χ4n) is 2.06. The number of ether oxygens (including phenoxy) is 1. The SMILES string of the molecule is CCCOc1nc(NN)nc(NC2CCC(=O)N(C)C2)n1. The number of likely N-dealkylation sites (N-methyl/N-ethyl adjacent to an activating group) is 1. The van der Waals surface area contributed by atoms with Crippen molar-refractivity contribution < 1.29 is 9.53 Å². The number of nitrogen functional groups attached to an aromatic ring is 1. The van der Waals surface area contributed by atoms with Crippen LogP contribution in [0.1, 0.15) is 26.2 Å². The Morgan fingerprint density at radius 2 is 2.14 bits per heavy atom. The Labute approximate surface area is 123 Å². The Morgan fingerprint density at radius 1 is 1.38 bits per heavy atom. The molecule has 1 fully saturated rings. The largest absolute Gasteiger partial charge is 0.463 e. The van der Waals surface area contributed by atoms with Crippen LogP contribution in [-0.4, -0.2) is 52.0 Å². The monoisotopic (exact) mass is 295 g/mol. The minimum atomic E-state index is 0.0970. The van der Waals surface area contributed by atoms with E-state index in [1.54, 1.807) is 11.9 Å². The highest BCUT2D eigenvalue weighted by molar-refractivity contribution is 5.76. The van der Waals surface area contributed by atoms with Crippen molar-refractivity contribution in [1.82, 2.24) is 19.9 Å². The molecule has 1 aliphatic heterocycles. The number of hydrogen-bond donors (Lipinski definition) is 3. The lowest BCUT2D eigenvalue weighted by Crippen LogP contribution is -2.43. The number of hydrogen-bond acceptors (Lipinski definition) is 8. The number of carbonyl (C=O) groups excluding carboxylic acids is 1. The standard InChI is InChI=1S/C12H21N7O2/c1-3-6-21-12-16-10(15-11(17-12)18-13)14-8-4-5-9(20)19(2)7-8/h8H,3-7,13H2,1-2H3,(H2,14,15,16,17,18). The molecule has 1 aromatic rings. The first-order chi connectivity index (χ1) is 10.1. The highest BCUT2D eigenvalue weighted by Gasteiger charge is 2.23. The van der Waals surface area contributed by atoms with E-state index in [9.17, 15) is 4.79 Å². The molecule has 0 aromatic carbocycles. The van der Waals surface area contributed by atoms with E-state index < -0.39 is 0 Å². The molecule has 1 amide bonds. The predicted molar refractivity (Wildman–Crippen MR) is 77.7 cm³/mol. The number of anilines is 2. The molecule has 0 aliphatic carbocycles. The summed E-state index contributed by atoms with van der Waals surface area (Å²) in [6, 6.07) is 0.322. The summed E-state index contributed by atoms with van der Waals surface area (Å²) in [5.41, 5.74) is 2.39. The van der Waals surface area contributed by atoms with Crippen LogP contribution in [0, 0.1) is 0 Å². The van der Waals surface area contributed by atoms with Gasteiger partial charge in [-0.3, -0.25) is 10.2 Å². The average Bonchev–Trinajstić information content (AvgIpc) is 2.48. The van der Waals surface area contributed by atoms with E-state index in [0.717, 1.165) is 12.8 Å². The molecular formula is C12H21N7O2. The summed E-state index contributed by atoms with van der Waals surface area (Å²) in [6.45, 7) is 3.13. The van der Waals surface area contributed by atoms with E-state index in [1.165, 1.54) is 0 Å². The summed E-state index contributed by atoms with van der Waals surface area (Å²) in [6.07, 6.45) is 2.11. The second-order valence-corrected chi connectivity index (χ2v) is 4.91. The maximum Gasteiger partial charge on any atom is 0.323 e. The quantitative estimate of drug-likeness (QED) is 0.495. The molecule has 0 radical (unpaired) electrons. The fourth-order valence-corrected chi connectivity index (χ4v) is 2.06. The molecule has 1 saturated heterocycles. The number of aromatic nitrogens is 3. The third-order valence-corrected chi connectivity index (χ3v) is 3.14. The van der Waals surface area contributed by atoms with E-state index in [-0.39, 0.29) is 23.9 Å². The number of amides is 1. The molecule has 21 heavy (non-hydrogen) atoms. The van der Waals surface area contributed by atoms with Gasteiger partial charge in [0.25, 0.3) is 0 Å². The number of hydrazine groups is 1. The van der Waals surface area contributed by atoms with Gasteiger partial charge in [-0.1, -0.05) is 6.92 Å². The van der Waals surface area contributed by atoms with Gasteiger partial charge in [0.1, 0.15) is 0 Å². The van der Waals surface area contributed by atoms with Gasteiger partial charge >= 0.3 is 6.01 Å². The second-order valence-electron chi connectivity index (χ2n) is 4.91. The molecule has 2 heterocycles.